The molecule has 2 unspecified atom stereocenters. The lowest BCUT2D eigenvalue weighted by Crippen LogP contribution is -2.27. The van der Waals surface area contributed by atoms with Gasteiger partial charge in [0.15, 0.2) is 6.10 Å². The van der Waals surface area contributed by atoms with Crippen LogP contribution in [0.2, 0.25) is 0 Å². The van der Waals surface area contributed by atoms with Crippen LogP contribution in [0.4, 0.5) is 0 Å². The Kier molecular flexibility index (Phi) is 10.7. The van der Waals surface area contributed by atoms with Crippen molar-refractivity contribution in [1.29, 1.82) is 0 Å². The molecule has 5 rings (SSSR count). The van der Waals surface area contributed by atoms with Crippen molar-refractivity contribution >= 4 is 11.7 Å². The van der Waals surface area contributed by atoms with Gasteiger partial charge in [-0.25, -0.2) is 4.79 Å². The van der Waals surface area contributed by atoms with E-state index < -0.39 is 6.10 Å². The lowest BCUT2D eigenvalue weighted by molar-refractivity contribution is -0.154. The molecule has 2 aliphatic carbocycles. The SMILES string of the molecule is CCCc1ccc2c(c1)C(N(C)CCOc1ccc(CC(OC)C(=O)OCC)cc1)=C1C=CC(c3ccccc3)C=C1CC2. The van der Waals surface area contributed by atoms with Crippen molar-refractivity contribution in [2.45, 2.75) is 58.0 Å². The van der Waals surface area contributed by atoms with Crippen LogP contribution in [0.15, 0.2) is 102 Å². The largest absolute Gasteiger partial charge is 0.492 e. The fraction of sp³-hybridized carbons (Fsp3) is 0.359. The molecule has 44 heavy (non-hydrogen) atoms. The number of allylic oxidation sites excluding steroid dienone is 5. The Bertz CT molecular complexity index is 1500. The quantitative estimate of drug-likeness (QED) is 0.191. The average Bonchev–Trinajstić information content (AvgIpc) is 3.21. The van der Waals surface area contributed by atoms with Crippen molar-refractivity contribution < 1.29 is 19.0 Å². The molecule has 0 heterocycles. The van der Waals surface area contributed by atoms with E-state index in [0.29, 0.717) is 25.6 Å². The first-order valence-corrected chi connectivity index (χ1v) is 15.9. The minimum Gasteiger partial charge on any atom is -0.492 e. The minimum absolute atomic E-state index is 0.293. The molecule has 0 saturated heterocycles. The lowest BCUT2D eigenvalue weighted by Gasteiger charge is -2.28. The van der Waals surface area contributed by atoms with Crippen LogP contribution >= 0.6 is 0 Å². The standard InChI is InChI=1S/C39H45NO4/c1-5-10-28-13-16-31-17-18-33-27-32(30-11-8-7-9-12-30)19-22-35(33)38(36(31)25-28)40(3)23-24-44-34-20-14-29(15-21-34)26-37(42-4)39(41)43-6-2/h7-9,11-16,19-22,25,27,32,37H,5-6,10,17-18,23-24,26H2,1-4H3. The Labute approximate surface area is 262 Å². The maximum absolute atomic E-state index is 12.1. The summed E-state index contributed by atoms with van der Waals surface area (Å²) in [4.78, 5) is 14.5. The van der Waals surface area contributed by atoms with Crippen molar-refractivity contribution in [2.75, 3.05) is 33.9 Å². The van der Waals surface area contributed by atoms with Crippen LogP contribution in [0.1, 0.15) is 60.4 Å². The summed E-state index contributed by atoms with van der Waals surface area (Å²) in [6.45, 7) is 5.68. The summed E-state index contributed by atoms with van der Waals surface area (Å²) in [5, 5.41) is 0. The predicted molar refractivity (Wildman–Crippen MR) is 178 cm³/mol. The van der Waals surface area contributed by atoms with Crippen molar-refractivity contribution in [3.05, 3.63) is 130 Å². The number of methoxy groups -OCH3 is 1. The second kappa shape index (κ2) is 15.1. The third kappa shape index (κ3) is 7.51. The number of benzene rings is 3. The van der Waals surface area contributed by atoms with Gasteiger partial charge in [0, 0.05) is 37.6 Å². The maximum Gasteiger partial charge on any atom is 0.335 e. The molecule has 3 aromatic carbocycles. The van der Waals surface area contributed by atoms with E-state index in [1.54, 1.807) is 6.92 Å². The molecule has 0 aliphatic heterocycles. The molecule has 0 spiro atoms. The first-order valence-electron chi connectivity index (χ1n) is 15.9. The summed E-state index contributed by atoms with van der Waals surface area (Å²) in [6, 6.07) is 25.7. The molecule has 2 aliphatic rings. The maximum atomic E-state index is 12.1. The predicted octanol–water partition coefficient (Wildman–Crippen LogP) is 7.71. The van der Waals surface area contributed by atoms with Crippen LogP contribution in [0.3, 0.4) is 0 Å². The summed E-state index contributed by atoms with van der Waals surface area (Å²) in [7, 11) is 3.72. The number of fused-ring (bicyclic) bond motifs is 2. The zero-order chi connectivity index (χ0) is 30.9. The molecule has 3 aromatic rings. The van der Waals surface area contributed by atoms with Crippen molar-refractivity contribution in [1.82, 2.24) is 4.90 Å². The Morgan fingerprint density at radius 1 is 0.977 bits per heavy atom. The molecule has 0 radical (unpaired) electrons. The summed E-state index contributed by atoms with van der Waals surface area (Å²) >= 11 is 0. The average molecular weight is 592 g/mol. The molecule has 5 nitrogen and oxygen atoms in total. The Hall–Kier alpha value is -4.09. The molecule has 0 amide bonds. The van der Waals surface area contributed by atoms with Crippen LogP contribution in [-0.4, -0.2) is 50.9 Å². The molecule has 0 fully saturated rings. The van der Waals surface area contributed by atoms with E-state index in [-0.39, 0.29) is 5.97 Å². The van der Waals surface area contributed by atoms with E-state index >= 15 is 0 Å². The third-order valence-electron chi connectivity index (χ3n) is 8.52. The van der Waals surface area contributed by atoms with Gasteiger partial charge >= 0.3 is 5.97 Å². The van der Waals surface area contributed by atoms with E-state index in [9.17, 15) is 4.79 Å². The summed E-state index contributed by atoms with van der Waals surface area (Å²) in [5.74, 6) is 0.762. The number of ether oxygens (including phenoxy) is 3. The molecular formula is C39H45NO4. The normalized spacial score (nSPS) is 16.4. The highest BCUT2D eigenvalue weighted by Crippen LogP contribution is 2.40. The number of likely N-dealkylation sites (N-methyl/N-ethyl adjacent to an activating group) is 1. The van der Waals surface area contributed by atoms with E-state index in [4.69, 9.17) is 14.2 Å². The Morgan fingerprint density at radius 3 is 2.48 bits per heavy atom. The van der Waals surface area contributed by atoms with Gasteiger partial charge in [0.25, 0.3) is 0 Å². The zero-order valence-electron chi connectivity index (χ0n) is 26.6. The van der Waals surface area contributed by atoms with E-state index in [0.717, 1.165) is 43.5 Å². The summed E-state index contributed by atoms with van der Waals surface area (Å²) < 4.78 is 16.7. The van der Waals surface area contributed by atoms with Gasteiger partial charge in [0.2, 0.25) is 0 Å². The summed E-state index contributed by atoms with van der Waals surface area (Å²) in [6.07, 6.45) is 11.3. The molecule has 0 aromatic heterocycles. The van der Waals surface area contributed by atoms with Crippen LogP contribution in [-0.2, 0) is 33.5 Å². The van der Waals surface area contributed by atoms with E-state index in [1.807, 2.05) is 24.3 Å². The highest BCUT2D eigenvalue weighted by molar-refractivity contribution is 5.78. The zero-order valence-corrected chi connectivity index (χ0v) is 26.6. The fourth-order valence-corrected chi connectivity index (χ4v) is 6.18. The monoisotopic (exact) mass is 591 g/mol. The van der Waals surface area contributed by atoms with Crippen molar-refractivity contribution in [3.8, 4) is 5.75 Å². The smallest absolute Gasteiger partial charge is 0.335 e. The van der Waals surface area contributed by atoms with E-state index in [1.165, 1.54) is 46.2 Å². The van der Waals surface area contributed by atoms with Crippen molar-refractivity contribution in [3.63, 3.8) is 0 Å². The van der Waals surface area contributed by atoms with Crippen LogP contribution in [0, 0.1) is 0 Å². The highest BCUT2D eigenvalue weighted by Gasteiger charge is 2.25. The van der Waals surface area contributed by atoms with Crippen LogP contribution in [0.5, 0.6) is 5.75 Å². The molecule has 0 bridgehead atoms. The van der Waals surface area contributed by atoms with E-state index in [2.05, 4.69) is 85.6 Å². The molecule has 230 valence electrons. The number of rotatable bonds is 13. The molecule has 5 heteroatoms. The van der Waals surface area contributed by atoms with Gasteiger partial charge in [0.1, 0.15) is 12.4 Å². The van der Waals surface area contributed by atoms with Gasteiger partial charge in [-0.05, 0) is 72.2 Å². The second-order valence-electron chi connectivity index (χ2n) is 11.6. The molecule has 0 saturated carbocycles. The van der Waals surface area contributed by atoms with Gasteiger partial charge in [-0.1, -0.05) is 86.2 Å². The number of carbonyl (C=O) groups excluding carboxylic acids is 1. The fourth-order valence-electron chi connectivity index (χ4n) is 6.18. The van der Waals surface area contributed by atoms with Crippen LogP contribution < -0.4 is 4.74 Å². The van der Waals surface area contributed by atoms with Crippen molar-refractivity contribution in [2.24, 2.45) is 0 Å². The minimum atomic E-state index is -0.610. The summed E-state index contributed by atoms with van der Waals surface area (Å²) in [5.41, 5.74) is 10.5. The highest BCUT2D eigenvalue weighted by atomic mass is 16.6. The molecule has 2 atom stereocenters. The molecular weight excluding hydrogens is 546 g/mol. The Morgan fingerprint density at radius 2 is 1.75 bits per heavy atom. The number of hydrogen-bond donors (Lipinski definition) is 0. The second-order valence-corrected chi connectivity index (χ2v) is 11.6. The Balaban J connectivity index is 1.33. The third-order valence-corrected chi connectivity index (χ3v) is 8.52. The van der Waals surface area contributed by atoms with Crippen LogP contribution in [0.25, 0.3) is 5.70 Å². The number of hydrogen-bond acceptors (Lipinski definition) is 5. The lowest BCUT2D eigenvalue weighted by atomic mass is 9.86. The first kappa shape index (κ1) is 31.3. The van der Waals surface area contributed by atoms with Gasteiger partial charge in [0.05, 0.1) is 18.8 Å². The number of esters is 1. The topological polar surface area (TPSA) is 48.0 Å². The number of aryl methyl sites for hydroxylation is 2. The van der Waals surface area contributed by atoms with Gasteiger partial charge in [-0.2, -0.15) is 0 Å². The number of nitrogens with zero attached hydrogens (tertiary/aromatic N) is 1. The number of carbonyl (C=O) groups is 1. The van der Waals surface area contributed by atoms with Gasteiger partial charge in [-0.15, -0.1) is 0 Å². The first-order chi connectivity index (χ1) is 21.5. The van der Waals surface area contributed by atoms with Gasteiger partial charge in [-0.3, -0.25) is 0 Å². The van der Waals surface area contributed by atoms with Gasteiger partial charge < -0.3 is 19.1 Å². The molecule has 0 N–H and O–H groups in total.